The normalized spacial score (nSPS) is 12.6. The zero-order valence-electron chi connectivity index (χ0n) is 8.39. The topological polar surface area (TPSA) is 9.23 Å². The second-order valence-electron chi connectivity index (χ2n) is 3.21. The van der Waals surface area contributed by atoms with E-state index in [1.54, 1.807) is 12.1 Å². The predicted molar refractivity (Wildman–Crippen MR) is 57.0 cm³/mol. The van der Waals surface area contributed by atoms with Crippen LogP contribution in [0.1, 0.15) is 25.3 Å². The average Bonchev–Trinajstić information content (AvgIpc) is 2.16. The van der Waals surface area contributed by atoms with E-state index in [1.165, 1.54) is 0 Å². The third-order valence-electron chi connectivity index (χ3n) is 2.01. The minimum atomic E-state index is -0.383. The molecule has 0 saturated carbocycles. The average molecular weight is 217 g/mol. The third-order valence-corrected chi connectivity index (χ3v) is 2.22. The first-order valence-electron chi connectivity index (χ1n) is 4.66. The summed E-state index contributed by atoms with van der Waals surface area (Å²) >= 11 is 5.88. The molecular weight excluding hydrogens is 203 g/mol. The van der Waals surface area contributed by atoms with Crippen LogP contribution < -0.4 is 4.74 Å². The molecule has 1 unspecified atom stereocenters. The Morgan fingerprint density at radius 1 is 1.43 bits per heavy atom. The predicted octanol–water partition coefficient (Wildman–Crippen LogP) is 3.81. The van der Waals surface area contributed by atoms with Gasteiger partial charge in [-0.1, -0.05) is 18.5 Å². The number of rotatable bonds is 4. The molecular formula is C11H14ClFO. The van der Waals surface area contributed by atoms with Crippen molar-refractivity contribution in [3.63, 3.8) is 0 Å². The zero-order valence-corrected chi connectivity index (χ0v) is 9.14. The van der Waals surface area contributed by atoms with E-state index in [2.05, 4.69) is 0 Å². The van der Waals surface area contributed by atoms with Gasteiger partial charge in [0.2, 0.25) is 0 Å². The molecule has 1 rings (SSSR count). The first kappa shape index (κ1) is 11.3. The van der Waals surface area contributed by atoms with Gasteiger partial charge >= 0.3 is 0 Å². The number of hydrogen-bond donors (Lipinski definition) is 0. The van der Waals surface area contributed by atoms with Gasteiger partial charge in [0.15, 0.2) is 0 Å². The quantitative estimate of drug-likeness (QED) is 0.744. The summed E-state index contributed by atoms with van der Waals surface area (Å²) in [4.78, 5) is 0. The molecule has 0 fully saturated rings. The van der Waals surface area contributed by atoms with Crippen molar-refractivity contribution >= 4 is 11.6 Å². The molecule has 0 spiro atoms. The van der Waals surface area contributed by atoms with E-state index < -0.39 is 0 Å². The molecule has 0 amide bonds. The van der Waals surface area contributed by atoms with Crippen LogP contribution in [0.2, 0.25) is 5.02 Å². The number of alkyl halides is 1. The summed E-state index contributed by atoms with van der Waals surface area (Å²) < 4.78 is 17.8. The van der Waals surface area contributed by atoms with Gasteiger partial charge in [0.05, 0.1) is 13.3 Å². The van der Waals surface area contributed by atoms with Crippen LogP contribution in [0, 0.1) is 0 Å². The molecule has 1 atom stereocenters. The van der Waals surface area contributed by atoms with Crippen LogP contribution in [-0.4, -0.2) is 13.3 Å². The monoisotopic (exact) mass is 216 g/mol. The van der Waals surface area contributed by atoms with Crippen LogP contribution in [0.4, 0.5) is 4.39 Å². The molecule has 0 aliphatic rings. The minimum Gasteiger partial charge on any atom is -0.494 e. The van der Waals surface area contributed by atoms with Crippen molar-refractivity contribution < 1.29 is 9.13 Å². The molecule has 0 heterocycles. The molecule has 14 heavy (non-hydrogen) atoms. The second kappa shape index (κ2) is 5.20. The summed E-state index contributed by atoms with van der Waals surface area (Å²) in [6.07, 6.45) is 0. The zero-order chi connectivity index (χ0) is 10.6. The standard InChI is InChI=1S/C11H14ClFO/c1-3-14-11-5-9(8(2)7-13)4-10(12)6-11/h4-6,8H,3,7H2,1-2H3. The first-order chi connectivity index (χ1) is 6.67. The van der Waals surface area contributed by atoms with Crippen LogP contribution in [-0.2, 0) is 0 Å². The van der Waals surface area contributed by atoms with E-state index in [-0.39, 0.29) is 12.6 Å². The lowest BCUT2D eigenvalue weighted by atomic mass is 10.0. The molecule has 0 bridgehead atoms. The van der Waals surface area contributed by atoms with Crippen LogP contribution >= 0.6 is 11.6 Å². The summed E-state index contributed by atoms with van der Waals surface area (Å²) in [5, 5.41) is 0.589. The molecule has 0 aromatic heterocycles. The van der Waals surface area contributed by atoms with Gasteiger partial charge in [0, 0.05) is 10.9 Å². The van der Waals surface area contributed by atoms with Crippen molar-refractivity contribution in [2.24, 2.45) is 0 Å². The number of ether oxygens (including phenoxy) is 1. The Balaban J connectivity index is 2.94. The Kier molecular flexibility index (Phi) is 4.21. The van der Waals surface area contributed by atoms with Crippen molar-refractivity contribution in [2.45, 2.75) is 19.8 Å². The summed E-state index contributed by atoms with van der Waals surface area (Å²) in [7, 11) is 0. The van der Waals surface area contributed by atoms with Crippen LogP contribution in [0.5, 0.6) is 5.75 Å². The van der Waals surface area contributed by atoms with Crippen molar-refractivity contribution in [1.82, 2.24) is 0 Å². The second-order valence-corrected chi connectivity index (χ2v) is 3.65. The third kappa shape index (κ3) is 2.88. The molecule has 78 valence electrons. The van der Waals surface area contributed by atoms with Crippen molar-refractivity contribution in [1.29, 1.82) is 0 Å². The highest BCUT2D eigenvalue weighted by molar-refractivity contribution is 6.30. The summed E-state index contributed by atoms with van der Waals surface area (Å²) in [6, 6.07) is 5.34. The fraction of sp³-hybridized carbons (Fsp3) is 0.455. The van der Waals surface area contributed by atoms with Crippen LogP contribution in [0.15, 0.2) is 18.2 Å². The maximum absolute atomic E-state index is 12.4. The highest BCUT2D eigenvalue weighted by Crippen LogP contribution is 2.26. The van der Waals surface area contributed by atoms with E-state index in [1.807, 2.05) is 19.9 Å². The first-order valence-corrected chi connectivity index (χ1v) is 5.04. The Bertz CT molecular complexity index is 301. The van der Waals surface area contributed by atoms with Gasteiger partial charge < -0.3 is 4.74 Å². The van der Waals surface area contributed by atoms with Crippen molar-refractivity contribution in [2.75, 3.05) is 13.3 Å². The highest BCUT2D eigenvalue weighted by atomic mass is 35.5. The van der Waals surface area contributed by atoms with Gasteiger partial charge in [-0.15, -0.1) is 0 Å². The number of halogens is 2. The summed E-state index contributed by atoms with van der Waals surface area (Å²) in [5.74, 6) is 0.572. The van der Waals surface area contributed by atoms with E-state index >= 15 is 0 Å². The molecule has 0 N–H and O–H groups in total. The van der Waals surface area contributed by atoms with Gasteiger partial charge in [-0.25, -0.2) is 0 Å². The lowest BCUT2D eigenvalue weighted by molar-refractivity contribution is 0.339. The molecule has 1 aromatic carbocycles. The molecule has 1 nitrogen and oxygen atoms in total. The van der Waals surface area contributed by atoms with Gasteiger partial charge in [-0.05, 0) is 30.7 Å². The lowest BCUT2D eigenvalue weighted by Crippen LogP contribution is -1.98. The minimum absolute atomic E-state index is 0.132. The maximum atomic E-state index is 12.4. The van der Waals surface area contributed by atoms with Gasteiger partial charge in [-0.3, -0.25) is 4.39 Å². The molecule has 0 radical (unpaired) electrons. The lowest BCUT2D eigenvalue weighted by Gasteiger charge is -2.10. The Morgan fingerprint density at radius 3 is 2.71 bits per heavy atom. The fourth-order valence-electron chi connectivity index (χ4n) is 1.21. The Labute approximate surface area is 88.8 Å². The van der Waals surface area contributed by atoms with Gasteiger partial charge in [0.25, 0.3) is 0 Å². The highest BCUT2D eigenvalue weighted by Gasteiger charge is 2.07. The van der Waals surface area contributed by atoms with Crippen LogP contribution in [0.3, 0.4) is 0 Å². The summed E-state index contributed by atoms with van der Waals surface area (Å²) in [5.41, 5.74) is 0.878. The van der Waals surface area contributed by atoms with Crippen molar-refractivity contribution in [3.05, 3.63) is 28.8 Å². The molecule has 3 heteroatoms. The molecule has 1 aromatic rings. The van der Waals surface area contributed by atoms with Crippen molar-refractivity contribution in [3.8, 4) is 5.75 Å². The summed E-state index contributed by atoms with van der Waals surface area (Å²) in [6.45, 7) is 3.93. The van der Waals surface area contributed by atoms with Gasteiger partial charge in [0.1, 0.15) is 5.75 Å². The fourth-order valence-corrected chi connectivity index (χ4v) is 1.44. The number of hydrogen-bond acceptors (Lipinski definition) is 1. The van der Waals surface area contributed by atoms with E-state index in [4.69, 9.17) is 16.3 Å². The molecule has 0 aliphatic carbocycles. The largest absolute Gasteiger partial charge is 0.494 e. The Morgan fingerprint density at radius 2 is 2.14 bits per heavy atom. The van der Waals surface area contributed by atoms with Gasteiger partial charge in [-0.2, -0.15) is 0 Å². The SMILES string of the molecule is CCOc1cc(Cl)cc(C(C)CF)c1. The molecule has 0 saturated heterocycles. The Hall–Kier alpha value is -0.760. The maximum Gasteiger partial charge on any atom is 0.121 e. The van der Waals surface area contributed by atoms with E-state index in [0.717, 1.165) is 5.56 Å². The number of benzene rings is 1. The smallest absolute Gasteiger partial charge is 0.121 e. The van der Waals surface area contributed by atoms with E-state index in [0.29, 0.717) is 17.4 Å². The van der Waals surface area contributed by atoms with E-state index in [9.17, 15) is 4.39 Å². The molecule has 0 aliphatic heterocycles. The van der Waals surface area contributed by atoms with Crippen LogP contribution in [0.25, 0.3) is 0 Å².